The molecule has 0 amide bonds. The number of hydrogen-bond acceptors (Lipinski definition) is 4. The van der Waals surface area contributed by atoms with Crippen molar-refractivity contribution in [2.24, 2.45) is 5.73 Å². The summed E-state index contributed by atoms with van der Waals surface area (Å²) in [5.74, 6) is 0.866. The zero-order valence-corrected chi connectivity index (χ0v) is 12.2. The van der Waals surface area contributed by atoms with E-state index >= 15 is 0 Å². The van der Waals surface area contributed by atoms with Gasteiger partial charge in [-0.25, -0.2) is 4.68 Å². The van der Waals surface area contributed by atoms with E-state index in [0.717, 1.165) is 42.9 Å². The Kier molecular flexibility index (Phi) is 5.12. The number of unbranched alkanes of at least 4 members (excludes halogenated alkanes) is 1. The van der Waals surface area contributed by atoms with Crippen LogP contribution in [0.1, 0.15) is 36.7 Å². The Morgan fingerprint density at radius 3 is 2.60 bits per heavy atom. The van der Waals surface area contributed by atoms with Gasteiger partial charge in [0.15, 0.2) is 0 Å². The summed E-state index contributed by atoms with van der Waals surface area (Å²) in [6.45, 7) is 3.50. The molecule has 0 bridgehead atoms. The lowest BCUT2D eigenvalue weighted by Crippen LogP contribution is -2.08. The molecule has 5 heteroatoms. The van der Waals surface area contributed by atoms with E-state index in [2.05, 4.69) is 29.4 Å². The molecule has 0 atom stereocenters. The zero-order valence-electron chi connectivity index (χ0n) is 12.2. The first-order valence-corrected chi connectivity index (χ1v) is 7.02. The van der Waals surface area contributed by atoms with E-state index in [9.17, 15) is 0 Å². The molecule has 0 saturated heterocycles. The molecule has 0 aliphatic carbocycles. The summed E-state index contributed by atoms with van der Waals surface area (Å²) >= 11 is 0. The first kappa shape index (κ1) is 14.5. The standard InChI is InChI=1S/C15H22N4O/c1-3-4-9-19-15(14(11-16)17-18-19)10-12-5-7-13(20-2)8-6-12/h5-8H,3-4,9-11,16H2,1-2H3. The number of aryl methyl sites for hydroxylation is 1. The number of methoxy groups -OCH3 is 1. The van der Waals surface area contributed by atoms with Crippen molar-refractivity contribution in [2.45, 2.75) is 39.3 Å². The normalized spacial score (nSPS) is 10.8. The van der Waals surface area contributed by atoms with E-state index < -0.39 is 0 Å². The van der Waals surface area contributed by atoms with Crippen LogP contribution in [0.25, 0.3) is 0 Å². The fourth-order valence-corrected chi connectivity index (χ4v) is 2.14. The van der Waals surface area contributed by atoms with Gasteiger partial charge in [-0.15, -0.1) is 5.10 Å². The molecule has 2 rings (SSSR count). The summed E-state index contributed by atoms with van der Waals surface area (Å²) in [7, 11) is 1.67. The van der Waals surface area contributed by atoms with Crippen LogP contribution in [0.2, 0.25) is 0 Å². The lowest BCUT2D eigenvalue weighted by atomic mass is 10.1. The molecule has 0 aliphatic rings. The highest BCUT2D eigenvalue weighted by Gasteiger charge is 2.12. The number of ether oxygens (including phenoxy) is 1. The first-order valence-electron chi connectivity index (χ1n) is 7.02. The molecule has 0 spiro atoms. The summed E-state index contributed by atoms with van der Waals surface area (Å²) in [5, 5.41) is 8.40. The summed E-state index contributed by atoms with van der Waals surface area (Å²) in [6, 6.07) is 8.07. The van der Waals surface area contributed by atoms with Crippen molar-refractivity contribution in [3.63, 3.8) is 0 Å². The van der Waals surface area contributed by atoms with Crippen molar-refractivity contribution in [3.8, 4) is 5.75 Å². The van der Waals surface area contributed by atoms with Crippen LogP contribution in [0.15, 0.2) is 24.3 Å². The molecule has 0 fully saturated rings. The predicted molar refractivity (Wildman–Crippen MR) is 78.6 cm³/mol. The van der Waals surface area contributed by atoms with Crippen molar-refractivity contribution < 1.29 is 4.74 Å². The van der Waals surface area contributed by atoms with Crippen LogP contribution in [0.5, 0.6) is 5.75 Å². The van der Waals surface area contributed by atoms with E-state index in [1.807, 2.05) is 16.8 Å². The van der Waals surface area contributed by atoms with Crippen LogP contribution < -0.4 is 10.5 Å². The van der Waals surface area contributed by atoms with Gasteiger partial charge in [0.05, 0.1) is 18.5 Å². The Morgan fingerprint density at radius 2 is 2.00 bits per heavy atom. The van der Waals surface area contributed by atoms with E-state index in [1.165, 1.54) is 5.56 Å². The number of hydrogen-bond donors (Lipinski definition) is 1. The molecule has 0 saturated carbocycles. The van der Waals surface area contributed by atoms with Gasteiger partial charge in [0.1, 0.15) is 5.75 Å². The highest BCUT2D eigenvalue weighted by atomic mass is 16.5. The van der Waals surface area contributed by atoms with E-state index in [-0.39, 0.29) is 0 Å². The molecule has 1 aromatic heterocycles. The predicted octanol–water partition coefficient (Wildman–Crippen LogP) is 2.14. The van der Waals surface area contributed by atoms with Crippen LogP contribution in [0.4, 0.5) is 0 Å². The molecule has 20 heavy (non-hydrogen) atoms. The van der Waals surface area contributed by atoms with Crippen LogP contribution in [-0.2, 0) is 19.5 Å². The quantitative estimate of drug-likeness (QED) is 0.840. The molecule has 0 unspecified atom stereocenters. The maximum Gasteiger partial charge on any atom is 0.118 e. The minimum absolute atomic E-state index is 0.428. The van der Waals surface area contributed by atoms with Gasteiger partial charge in [0.25, 0.3) is 0 Å². The Labute approximate surface area is 119 Å². The Balaban J connectivity index is 2.19. The molecule has 2 N–H and O–H groups in total. The molecule has 5 nitrogen and oxygen atoms in total. The van der Waals surface area contributed by atoms with Gasteiger partial charge >= 0.3 is 0 Å². The minimum Gasteiger partial charge on any atom is -0.497 e. The number of rotatable bonds is 7. The molecular formula is C15H22N4O. The number of nitrogens with two attached hydrogens (primary N) is 1. The lowest BCUT2D eigenvalue weighted by Gasteiger charge is -2.08. The van der Waals surface area contributed by atoms with Crippen molar-refractivity contribution >= 4 is 0 Å². The maximum absolute atomic E-state index is 5.76. The van der Waals surface area contributed by atoms with Gasteiger partial charge < -0.3 is 10.5 Å². The molecule has 108 valence electrons. The van der Waals surface area contributed by atoms with Crippen molar-refractivity contribution in [3.05, 3.63) is 41.2 Å². The largest absolute Gasteiger partial charge is 0.497 e. The van der Waals surface area contributed by atoms with Crippen LogP contribution in [-0.4, -0.2) is 22.1 Å². The van der Waals surface area contributed by atoms with E-state index in [0.29, 0.717) is 6.54 Å². The zero-order chi connectivity index (χ0) is 14.4. The Morgan fingerprint density at radius 1 is 1.25 bits per heavy atom. The molecule has 0 radical (unpaired) electrons. The van der Waals surface area contributed by atoms with E-state index in [1.54, 1.807) is 7.11 Å². The van der Waals surface area contributed by atoms with Crippen LogP contribution in [0, 0.1) is 0 Å². The number of nitrogens with zero attached hydrogens (tertiary/aromatic N) is 3. The lowest BCUT2D eigenvalue weighted by molar-refractivity contribution is 0.414. The minimum atomic E-state index is 0.428. The summed E-state index contributed by atoms with van der Waals surface area (Å²) in [4.78, 5) is 0. The van der Waals surface area contributed by atoms with Crippen molar-refractivity contribution in [2.75, 3.05) is 7.11 Å². The summed E-state index contributed by atoms with van der Waals surface area (Å²) in [6.07, 6.45) is 3.04. The average Bonchev–Trinajstić information content (AvgIpc) is 2.88. The fourth-order valence-electron chi connectivity index (χ4n) is 2.14. The molecular weight excluding hydrogens is 252 g/mol. The fraction of sp³-hybridized carbons (Fsp3) is 0.467. The maximum atomic E-state index is 5.76. The SMILES string of the molecule is CCCCn1nnc(CN)c1Cc1ccc(OC)cc1. The molecule has 1 aromatic carbocycles. The van der Waals surface area contributed by atoms with Gasteiger partial charge in [0.2, 0.25) is 0 Å². The molecule has 0 aliphatic heterocycles. The highest BCUT2D eigenvalue weighted by molar-refractivity contribution is 5.30. The van der Waals surface area contributed by atoms with Crippen LogP contribution >= 0.6 is 0 Å². The van der Waals surface area contributed by atoms with Gasteiger partial charge in [-0.2, -0.15) is 0 Å². The van der Waals surface area contributed by atoms with Gasteiger partial charge in [-0.1, -0.05) is 30.7 Å². The summed E-state index contributed by atoms with van der Waals surface area (Å²) in [5.41, 5.74) is 8.97. The van der Waals surface area contributed by atoms with Gasteiger partial charge in [0, 0.05) is 19.5 Å². The third-order valence-electron chi connectivity index (χ3n) is 3.37. The molecule has 1 heterocycles. The highest BCUT2D eigenvalue weighted by Crippen LogP contribution is 2.16. The average molecular weight is 274 g/mol. The Hall–Kier alpha value is -1.88. The third kappa shape index (κ3) is 3.36. The second-order valence-corrected chi connectivity index (χ2v) is 4.79. The summed E-state index contributed by atoms with van der Waals surface area (Å²) < 4.78 is 7.16. The number of benzene rings is 1. The van der Waals surface area contributed by atoms with Gasteiger partial charge in [-0.3, -0.25) is 0 Å². The second-order valence-electron chi connectivity index (χ2n) is 4.79. The first-order chi connectivity index (χ1) is 9.78. The Bertz CT molecular complexity index is 533. The second kappa shape index (κ2) is 7.05. The third-order valence-corrected chi connectivity index (χ3v) is 3.37. The topological polar surface area (TPSA) is 66.0 Å². The van der Waals surface area contributed by atoms with Crippen molar-refractivity contribution in [1.29, 1.82) is 0 Å². The van der Waals surface area contributed by atoms with Crippen molar-refractivity contribution in [1.82, 2.24) is 15.0 Å². The van der Waals surface area contributed by atoms with E-state index in [4.69, 9.17) is 10.5 Å². The number of aromatic nitrogens is 3. The monoisotopic (exact) mass is 274 g/mol. The molecule has 2 aromatic rings. The van der Waals surface area contributed by atoms with Gasteiger partial charge in [-0.05, 0) is 24.1 Å². The smallest absolute Gasteiger partial charge is 0.118 e. The van der Waals surface area contributed by atoms with Crippen LogP contribution in [0.3, 0.4) is 0 Å².